The van der Waals surface area contributed by atoms with Gasteiger partial charge in [0, 0.05) is 18.0 Å². The first kappa shape index (κ1) is 22.4. The maximum absolute atomic E-state index is 13.3. The van der Waals surface area contributed by atoms with Gasteiger partial charge in [-0.25, -0.2) is 0 Å². The standard InChI is InChI=1S/C25H21ClN2O5/c1-3-33-16-8-9-18(26)17(14-16)23(29)21-22(15-10-12-27-13-11-15)28(25(31)24(21)30)19-6-4-5-7-20(19)32-2/h4-14,22,29H,3H2,1-2H3/b23-21+. The Bertz CT molecular complexity index is 1240. The number of methoxy groups -OCH3 is 1. The zero-order valence-electron chi connectivity index (χ0n) is 18.0. The lowest BCUT2D eigenvalue weighted by Crippen LogP contribution is -2.29. The van der Waals surface area contributed by atoms with Crippen LogP contribution in [0.5, 0.6) is 11.5 Å². The van der Waals surface area contributed by atoms with Crippen molar-refractivity contribution in [3.8, 4) is 11.5 Å². The van der Waals surface area contributed by atoms with E-state index in [-0.39, 0.29) is 21.9 Å². The van der Waals surface area contributed by atoms with Gasteiger partial charge in [0.2, 0.25) is 0 Å². The lowest BCUT2D eigenvalue weighted by molar-refractivity contribution is -0.132. The molecule has 1 aromatic heterocycles. The van der Waals surface area contributed by atoms with E-state index in [9.17, 15) is 14.7 Å². The number of aliphatic hydroxyl groups is 1. The van der Waals surface area contributed by atoms with E-state index in [1.54, 1.807) is 67.0 Å². The number of aromatic nitrogens is 1. The molecule has 1 fully saturated rings. The average molecular weight is 465 g/mol. The lowest BCUT2D eigenvalue weighted by atomic mass is 9.95. The van der Waals surface area contributed by atoms with E-state index in [0.29, 0.717) is 29.4 Å². The molecule has 0 radical (unpaired) electrons. The predicted molar refractivity (Wildman–Crippen MR) is 125 cm³/mol. The largest absolute Gasteiger partial charge is 0.507 e. The fourth-order valence-electron chi connectivity index (χ4n) is 3.86. The summed E-state index contributed by atoms with van der Waals surface area (Å²) in [5, 5.41) is 11.5. The van der Waals surface area contributed by atoms with Gasteiger partial charge in [0.25, 0.3) is 11.7 Å². The van der Waals surface area contributed by atoms with Crippen LogP contribution >= 0.6 is 11.6 Å². The zero-order valence-corrected chi connectivity index (χ0v) is 18.7. The maximum Gasteiger partial charge on any atom is 0.300 e. The Kier molecular flexibility index (Phi) is 6.33. The third kappa shape index (κ3) is 4.03. The second kappa shape index (κ2) is 9.34. The number of Topliss-reactive ketones (excluding diaryl/α,β-unsaturated/α-hetero) is 1. The molecule has 1 atom stereocenters. The topological polar surface area (TPSA) is 89.0 Å². The monoisotopic (exact) mass is 464 g/mol. The van der Waals surface area contributed by atoms with E-state index in [1.165, 1.54) is 12.0 Å². The molecule has 4 rings (SSSR count). The van der Waals surface area contributed by atoms with Crippen LogP contribution in [0.4, 0.5) is 5.69 Å². The number of hydrogen-bond acceptors (Lipinski definition) is 6. The number of aliphatic hydroxyl groups excluding tert-OH is 1. The third-order valence-corrected chi connectivity index (χ3v) is 5.64. The smallest absolute Gasteiger partial charge is 0.300 e. The fraction of sp³-hybridized carbons (Fsp3) is 0.160. The Morgan fingerprint density at radius 1 is 1.12 bits per heavy atom. The molecule has 1 unspecified atom stereocenters. The van der Waals surface area contributed by atoms with Crippen LogP contribution < -0.4 is 14.4 Å². The molecule has 1 aliphatic heterocycles. The van der Waals surface area contributed by atoms with E-state index in [4.69, 9.17) is 21.1 Å². The molecule has 33 heavy (non-hydrogen) atoms. The third-order valence-electron chi connectivity index (χ3n) is 5.31. The summed E-state index contributed by atoms with van der Waals surface area (Å²) in [6.45, 7) is 2.24. The first-order valence-corrected chi connectivity index (χ1v) is 10.6. The number of amides is 1. The summed E-state index contributed by atoms with van der Waals surface area (Å²) in [5.74, 6) is -1.13. The Hall–Kier alpha value is -3.84. The van der Waals surface area contributed by atoms with Gasteiger partial charge < -0.3 is 14.6 Å². The number of ketones is 1. The second-order valence-electron chi connectivity index (χ2n) is 7.20. The second-order valence-corrected chi connectivity index (χ2v) is 7.60. The van der Waals surface area contributed by atoms with E-state index >= 15 is 0 Å². The summed E-state index contributed by atoms with van der Waals surface area (Å²) >= 11 is 6.36. The van der Waals surface area contributed by atoms with E-state index in [2.05, 4.69) is 4.98 Å². The molecule has 0 aliphatic carbocycles. The van der Waals surface area contributed by atoms with Crippen molar-refractivity contribution in [2.75, 3.05) is 18.6 Å². The molecule has 168 valence electrons. The van der Waals surface area contributed by atoms with Crippen molar-refractivity contribution in [3.63, 3.8) is 0 Å². The maximum atomic E-state index is 13.3. The van der Waals surface area contributed by atoms with Crippen LogP contribution in [-0.2, 0) is 9.59 Å². The highest BCUT2D eigenvalue weighted by Crippen LogP contribution is 2.45. The molecule has 1 amide bonds. The van der Waals surface area contributed by atoms with Crippen molar-refractivity contribution in [1.29, 1.82) is 0 Å². The van der Waals surface area contributed by atoms with Gasteiger partial charge in [-0.15, -0.1) is 0 Å². The normalized spacial score (nSPS) is 17.3. The van der Waals surface area contributed by atoms with Gasteiger partial charge in [0.15, 0.2) is 0 Å². The molecule has 2 heterocycles. The number of ether oxygens (including phenoxy) is 2. The van der Waals surface area contributed by atoms with Gasteiger partial charge in [-0.3, -0.25) is 19.5 Å². The number of halogens is 1. The minimum absolute atomic E-state index is 0.0901. The molecule has 7 nitrogen and oxygen atoms in total. The number of hydrogen-bond donors (Lipinski definition) is 1. The van der Waals surface area contributed by atoms with Crippen LogP contribution in [0.2, 0.25) is 5.02 Å². The average Bonchev–Trinajstić information content (AvgIpc) is 3.11. The van der Waals surface area contributed by atoms with Crippen molar-refractivity contribution in [2.45, 2.75) is 13.0 Å². The van der Waals surface area contributed by atoms with Crippen molar-refractivity contribution in [3.05, 3.63) is 88.7 Å². The molecule has 1 N–H and O–H groups in total. The molecule has 1 saturated heterocycles. The highest BCUT2D eigenvalue weighted by atomic mass is 35.5. The number of nitrogens with zero attached hydrogens (tertiary/aromatic N) is 2. The molecule has 0 spiro atoms. The summed E-state index contributed by atoms with van der Waals surface area (Å²) < 4.78 is 10.9. The number of anilines is 1. The summed E-state index contributed by atoms with van der Waals surface area (Å²) in [6.07, 6.45) is 3.11. The van der Waals surface area contributed by atoms with E-state index in [0.717, 1.165) is 0 Å². The molecule has 1 aliphatic rings. The van der Waals surface area contributed by atoms with Gasteiger partial charge in [-0.2, -0.15) is 0 Å². The van der Waals surface area contributed by atoms with Crippen LogP contribution in [0.1, 0.15) is 24.1 Å². The quantitative estimate of drug-likeness (QED) is 0.321. The molecule has 3 aromatic rings. The Balaban J connectivity index is 1.97. The van der Waals surface area contributed by atoms with Gasteiger partial charge in [0.1, 0.15) is 17.3 Å². The minimum Gasteiger partial charge on any atom is -0.507 e. The predicted octanol–water partition coefficient (Wildman–Crippen LogP) is 4.77. The van der Waals surface area contributed by atoms with Crippen molar-refractivity contribution >= 4 is 34.7 Å². The molecule has 8 heteroatoms. The Labute approximate surface area is 195 Å². The highest BCUT2D eigenvalue weighted by molar-refractivity contribution is 6.52. The minimum atomic E-state index is -0.920. The zero-order chi connectivity index (χ0) is 23.5. The van der Waals surface area contributed by atoms with Gasteiger partial charge in [-0.05, 0) is 55.0 Å². The summed E-state index contributed by atoms with van der Waals surface area (Å²) in [6, 6.07) is 14.1. The summed E-state index contributed by atoms with van der Waals surface area (Å²) in [7, 11) is 1.48. The van der Waals surface area contributed by atoms with Gasteiger partial charge in [0.05, 0.1) is 36.0 Å². The van der Waals surface area contributed by atoms with Gasteiger partial charge >= 0.3 is 0 Å². The lowest BCUT2D eigenvalue weighted by Gasteiger charge is -2.26. The summed E-state index contributed by atoms with van der Waals surface area (Å²) in [5.41, 5.74) is 1.10. The van der Waals surface area contributed by atoms with Crippen LogP contribution in [-0.4, -0.2) is 35.5 Å². The van der Waals surface area contributed by atoms with Crippen LogP contribution in [0.15, 0.2) is 72.6 Å². The first-order chi connectivity index (χ1) is 16.0. The number of benzene rings is 2. The van der Waals surface area contributed by atoms with Crippen LogP contribution in [0.3, 0.4) is 0 Å². The van der Waals surface area contributed by atoms with Crippen molar-refractivity contribution < 1.29 is 24.2 Å². The molecular weight excluding hydrogens is 444 g/mol. The Morgan fingerprint density at radius 3 is 2.55 bits per heavy atom. The number of para-hydroxylation sites is 2. The highest BCUT2D eigenvalue weighted by Gasteiger charge is 2.48. The van der Waals surface area contributed by atoms with Crippen LogP contribution in [0.25, 0.3) is 5.76 Å². The number of carbonyl (C=O) groups excluding carboxylic acids is 2. The van der Waals surface area contributed by atoms with Crippen molar-refractivity contribution in [2.24, 2.45) is 0 Å². The van der Waals surface area contributed by atoms with Gasteiger partial charge in [-0.1, -0.05) is 23.7 Å². The number of rotatable bonds is 6. The molecule has 2 aromatic carbocycles. The first-order valence-electron chi connectivity index (χ1n) is 10.2. The summed E-state index contributed by atoms with van der Waals surface area (Å²) in [4.78, 5) is 31.9. The van der Waals surface area contributed by atoms with Crippen molar-refractivity contribution in [1.82, 2.24) is 4.98 Å². The fourth-order valence-corrected chi connectivity index (χ4v) is 4.07. The SMILES string of the molecule is CCOc1ccc(Cl)c(/C(O)=C2\C(=O)C(=O)N(c3ccccc3OC)C2c2ccncc2)c1. The number of carbonyl (C=O) groups is 2. The Morgan fingerprint density at radius 2 is 1.85 bits per heavy atom. The molecule has 0 bridgehead atoms. The van der Waals surface area contributed by atoms with E-state index < -0.39 is 17.7 Å². The molecule has 0 saturated carbocycles. The molecular formula is C25H21ClN2O5. The van der Waals surface area contributed by atoms with E-state index in [1.807, 2.05) is 6.92 Å². The van der Waals surface area contributed by atoms with Crippen LogP contribution in [0, 0.1) is 0 Å². The number of pyridine rings is 1.